The molecule has 0 aliphatic rings. The topological polar surface area (TPSA) is 51.5 Å². The summed E-state index contributed by atoms with van der Waals surface area (Å²) in [6.45, 7) is 0.987. The van der Waals surface area contributed by atoms with E-state index in [2.05, 4.69) is 6.07 Å². The molecule has 2 aromatic rings. The number of nitriles is 1. The lowest BCUT2D eigenvalue weighted by molar-refractivity contribution is 0.107. The summed E-state index contributed by atoms with van der Waals surface area (Å²) in [4.78, 5) is 0. The van der Waals surface area contributed by atoms with Crippen molar-refractivity contribution in [2.75, 3.05) is 14.2 Å². The first-order valence-electron chi connectivity index (χ1n) is 6.54. The molecule has 0 radical (unpaired) electrons. The quantitative estimate of drug-likeness (QED) is 0.816. The molecule has 0 bridgehead atoms. The first-order valence-corrected chi connectivity index (χ1v) is 6.54. The minimum atomic E-state index is 0.466. The summed E-state index contributed by atoms with van der Waals surface area (Å²) in [7, 11) is 3.20. The molecular formula is C17H17NO3. The zero-order valence-corrected chi connectivity index (χ0v) is 12.1. The van der Waals surface area contributed by atoms with Gasteiger partial charge in [0, 0.05) is 0 Å². The Morgan fingerprint density at radius 2 is 1.57 bits per heavy atom. The number of rotatable bonds is 6. The van der Waals surface area contributed by atoms with Crippen molar-refractivity contribution in [2.45, 2.75) is 13.2 Å². The Hall–Kier alpha value is -2.51. The van der Waals surface area contributed by atoms with Gasteiger partial charge in [0.2, 0.25) is 0 Å². The summed E-state index contributed by atoms with van der Waals surface area (Å²) in [5.74, 6) is 1.40. The maximum atomic E-state index is 8.94. The highest BCUT2D eigenvalue weighted by Crippen LogP contribution is 2.20. The van der Waals surface area contributed by atoms with Crippen molar-refractivity contribution in [1.82, 2.24) is 0 Å². The minimum Gasteiger partial charge on any atom is -0.497 e. The Balaban J connectivity index is 1.92. The molecule has 0 heterocycles. The standard InChI is InChI=1S/C17H17NO3/c1-19-16-7-4-13(5-8-16)11-21-12-14-3-6-15(10-18)17(9-14)20-2/h3-9H,11-12H2,1-2H3. The number of nitrogens with zero attached hydrogens (tertiary/aromatic N) is 1. The van der Waals surface area contributed by atoms with Crippen molar-refractivity contribution in [3.63, 3.8) is 0 Å². The Morgan fingerprint density at radius 3 is 2.19 bits per heavy atom. The van der Waals surface area contributed by atoms with E-state index < -0.39 is 0 Å². The molecule has 0 fully saturated rings. The Morgan fingerprint density at radius 1 is 0.905 bits per heavy atom. The number of hydrogen-bond acceptors (Lipinski definition) is 4. The van der Waals surface area contributed by atoms with Crippen LogP contribution in [0.15, 0.2) is 42.5 Å². The van der Waals surface area contributed by atoms with Crippen LogP contribution < -0.4 is 9.47 Å². The number of ether oxygens (including phenoxy) is 3. The van der Waals surface area contributed by atoms with Crippen LogP contribution >= 0.6 is 0 Å². The fraction of sp³-hybridized carbons (Fsp3) is 0.235. The van der Waals surface area contributed by atoms with E-state index >= 15 is 0 Å². The first kappa shape index (κ1) is 14.9. The highest BCUT2D eigenvalue weighted by molar-refractivity contribution is 5.45. The Labute approximate surface area is 124 Å². The maximum absolute atomic E-state index is 8.94. The van der Waals surface area contributed by atoms with Crippen LogP contribution in [0.25, 0.3) is 0 Å². The third-order valence-electron chi connectivity index (χ3n) is 3.08. The molecule has 0 N–H and O–H groups in total. The van der Waals surface area contributed by atoms with Gasteiger partial charge in [0.05, 0.1) is 33.0 Å². The SMILES string of the molecule is COc1ccc(COCc2ccc(C#N)c(OC)c2)cc1. The molecular weight excluding hydrogens is 266 g/mol. The van der Waals surface area contributed by atoms with Crippen LogP contribution in [0.4, 0.5) is 0 Å². The first-order chi connectivity index (χ1) is 10.3. The van der Waals surface area contributed by atoms with E-state index in [1.807, 2.05) is 36.4 Å². The zero-order chi connectivity index (χ0) is 15.1. The lowest BCUT2D eigenvalue weighted by atomic mass is 10.1. The predicted molar refractivity (Wildman–Crippen MR) is 79.2 cm³/mol. The summed E-state index contributed by atoms with van der Waals surface area (Å²) in [6, 6.07) is 15.3. The molecule has 4 nitrogen and oxygen atoms in total. The molecule has 0 spiro atoms. The predicted octanol–water partition coefficient (Wildman–Crippen LogP) is 3.29. The molecule has 0 amide bonds. The van der Waals surface area contributed by atoms with E-state index in [1.165, 1.54) is 0 Å². The van der Waals surface area contributed by atoms with Gasteiger partial charge in [-0.2, -0.15) is 5.26 Å². The second kappa shape index (κ2) is 7.32. The van der Waals surface area contributed by atoms with Crippen molar-refractivity contribution in [1.29, 1.82) is 5.26 Å². The smallest absolute Gasteiger partial charge is 0.136 e. The van der Waals surface area contributed by atoms with E-state index in [9.17, 15) is 0 Å². The van der Waals surface area contributed by atoms with Gasteiger partial charge in [0.25, 0.3) is 0 Å². The fourth-order valence-electron chi connectivity index (χ4n) is 1.93. The summed E-state index contributed by atoms with van der Waals surface area (Å²) in [5, 5.41) is 8.94. The molecule has 108 valence electrons. The lowest BCUT2D eigenvalue weighted by Crippen LogP contribution is -1.96. The lowest BCUT2D eigenvalue weighted by Gasteiger charge is -2.08. The minimum absolute atomic E-state index is 0.466. The summed E-state index contributed by atoms with van der Waals surface area (Å²) >= 11 is 0. The molecule has 4 heteroatoms. The number of methoxy groups -OCH3 is 2. The zero-order valence-electron chi connectivity index (χ0n) is 12.1. The number of benzene rings is 2. The van der Waals surface area contributed by atoms with Crippen molar-refractivity contribution < 1.29 is 14.2 Å². The van der Waals surface area contributed by atoms with Crippen LogP contribution in [0, 0.1) is 11.3 Å². The van der Waals surface area contributed by atoms with Crippen LogP contribution in [0.1, 0.15) is 16.7 Å². The summed E-state index contributed by atoms with van der Waals surface area (Å²) in [5.41, 5.74) is 2.58. The van der Waals surface area contributed by atoms with Crippen molar-refractivity contribution in [3.05, 3.63) is 59.2 Å². The van der Waals surface area contributed by atoms with Crippen LogP contribution in [-0.2, 0) is 18.0 Å². The van der Waals surface area contributed by atoms with Gasteiger partial charge in [0.1, 0.15) is 17.6 Å². The molecule has 0 saturated carbocycles. The molecule has 0 atom stereocenters. The molecule has 0 aliphatic carbocycles. The van der Waals surface area contributed by atoms with Gasteiger partial charge in [-0.15, -0.1) is 0 Å². The Bertz CT molecular complexity index is 629. The largest absolute Gasteiger partial charge is 0.497 e. The van der Waals surface area contributed by atoms with E-state index in [-0.39, 0.29) is 0 Å². The average Bonchev–Trinajstić information content (AvgIpc) is 2.55. The van der Waals surface area contributed by atoms with E-state index in [1.54, 1.807) is 20.3 Å². The van der Waals surface area contributed by atoms with Gasteiger partial charge in [-0.05, 0) is 35.4 Å². The molecule has 0 aromatic heterocycles. The van der Waals surface area contributed by atoms with Gasteiger partial charge in [-0.3, -0.25) is 0 Å². The van der Waals surface area contributed by atoms with Gasteiger partial charge in [-0.25, -0.2) is 0 Å². The third-order valence-corrected chi connectivity index (χ3v) is 3.08. The molecule has 0 aliphatic heterocycles. The molecule has 0 unspecified atom stereocenters. The fourth-order valence-corrected chi connectivity index (χ4v) is 1.93. The highest BCUT2D eigenvalue weighted by atomic mass is 16.5. The highest BCUT2D eigenvalue weighted by Gasteiger charge is 2.04. The van der Waals surface area contributed by atoms with Crippen LogP contribution in [-0.4, -0.2) is 14.2 Å². The van der Waals surface area contributed by atoms with Gasteiger partial charge < -0.3 is 14.2 Å². The van der Waals surface area contributed by atoms with E-state index in [4.69, 9.17) is 19.5 Å². The molecule has 21 heavy (non-hydrogen) atoms. The third kappa shape index (κ3) is 3.98. The van der Waals surface area contributed by atoms with E-state index in [0.717, 1.165) is 16.9 Å². The van der Waals surface area contributed by atoms with Crippen LogP contribution in [0.3, 0.4) is 0 Å². The van der Waals surface area contributed by atoms with Crippen molar-refractivity contribution >= 4 is 0 Å². The van der Waals surface area contributed by atoms with Crippen LogP contribution in [0.2, 0.25) is 0 Å². The van der Waals surface area contributed by atoms with Crippen molar-refractivity contribution in [3.8, 4) is 17.6 Å². The summed E-state index contributed by atoms with van der Waals surface area (Å²) < 4.78 is 16.0. The average molecular weight is 283 g/mol. The molecule has 0 saturated heterocycles. The second-order valence-electron chi connectivity index (χ2n) is 4.49. The second-order valence-corrected chi connectivity index (χ2v) is 4.49. The van der Waals surface area contributed by atoms with E-state index in [0.29, 0.717) is 24.5 Å². The molecule has 2 rings (SSSR count). The van der Waals surface area contributed by atoms with Gasteiger partial charge in [0.15, 0.2) is 0 Å². The number of hydrogen-bond donors (Lipinski definition) is 0. The van der Waals surface area contributed by atoms with Crippen molar-refractivity contribution in [2.24, 2.45) is 0 Å². The molecule has 2 aromatic carbocycles. The van der Waals surface area contributed by atoms with Gasteiger partial charge in [-0.1, -0.05) is 18.2 Å². The summed E-state index contributed by atoms with van der Waals surface area (Å²) in [6.07, 6.45) is 0. The Kier molecular flexibility index (Phi) is 5.19. The maximum Gasteiger partial charge on any atom is 0.136 e. The van der Waals surface area contributed by atoms with Gasteiger partial charge >= 0.3 is 0 Å². The van der Waals surface area contributed by atoms with Crippen LogP contribution in [0.5, 0.6) is 11.5 Å². The normalized spacial score (nSPS) is 9.95. The monoisotopic (exact) mass is 283 g/mol.